The molecule has 0 spiro atoms. The molecule has 0 unspecified atom stereocenters. The Morgan fingerprint density at radius 1 is 0.879 bits per heavy atom. The molecule has 33 heavy (non-hydrogen) atoms. The lowest BCUT2D eigenvalue weighted by molar-refractivity contribution is 0.834. The molecule has 0 N–H and O–H groups in total. The van der Waals surface area contributed by atoms with Crippen molar-refractivity contribution < 1.29 is 0 Å². The number of para-hydroxylation sites is 1. The maximum atomic E-state index is 4.60. The van der Waals surface area contributed by atoms with E-state index in [-0.39, 0.29) is 0 Å². The quantitative estimate of drug-likeness (QED) is 0.246. The Labute approximate surface area is 198 Å². The van der Waals surface area contributed by atoms with Crippen molar-refractivity contribution in [3.63, 3.8) is 0 Å². The fourth-order valence-corrected chi connectivity index (χ4v) is 5.49. The van der Waals surface area contributed by atoms with Crippen LogP contribution in [0.2, 0.25) is 0 Å². The lowest BCUT2D eigenvalue weighted by atomic mass is 9.93. The van der Waals surface area contributed by atoms with E-state index in [1.807, 2.05) is 22.9 Å². The molecule has 0 amide bonds. The molecule has 0 saturated carbocycles. The first-order valence-corrected chi connectivity index (χ1v) is 12.0. The van der Waals surface area contributed by atoms with Gasteiger partial charge in [0.05, 0.1) is 5.52 Å². The molecule has 5 aromatic rings. The van der Waals surface area contributed by atoms with E-state index in [1.165, 1.54) is 32.7 Å². The first kappa shape index (κ1) is 21.1. The van der Waals surface area contributed by atoms with Crippen molar-refractivity contribution in [1.82, 2.24) is 15.0 Å². The minimum Gasteiger partial charge on any atom is -0.202 e. The summed E-state index contributed by atoms with van der Waals surface area (Å²) in [6, 6.07) is 29.4. The Kier molecular flexibility index (Phi) is 6.01. The summed E-state index contributed by atoms with van der Waals surface area (Å²) < 4.78 is 2.00. The molecule has 4 heteroatoms. The second-order valence-electron chi connectivity index (χ2n) is 7.78. The number of fused-ring (bicyclic) bond motifs is 1. The minimum atomic E-state index is 0.895. The molecule has 2 aromatic heterocycles. The van der Waals surface area contributed by atoms with Crippen LogP contribution in [0.25, 0.3) is 43.2 Å². The van der Waals surface area contributed by atoms with E-state index >= 15 is 0 Å². The van der Waals surface area contributed by atoms with Gasteiger partial charge in [-0.1, -0.05) is 103 Å². The molecule has 0 aliphatic rings. The molecular weight excluding hydrogens is 422 g/mol. The maximum Gasteiger partial charge on any atom is 0.129 e. The highest BCUT2D eigenvalue weighted by molar-refractivity contribution is 7.19. The van der Waals surface area contributed by atoms with E-state index in [0.29, 0.717) is 0 Å². The Bertz CT molecular complexity index is 1440. The van der Waals surface area contributed by atoms with E-state index < -0.39 is 0 Å². The highest BCUT2D eigenvalue weighted by Gasteiger charge is 2.25. The summed E-state index contributed by atoms with van der Waals surface area (Å²) in [4.78, 5) is 1.23. The predicted molar refractivity (Wildman–Crippen MR) is 141 cm³/mol. The number of thiophene rings is 1. The zero-order valence-electron chi connectivity index (χ0n) is 18.8. The standard InChI is InChI=1S/C29H25N3S/c1-3-13-21(14-4-2)27-26(22-15-7-5-8-16-22)28(23-17-9-6-10-18-23)33-29(27)32-25-20-12-11-19-24(25)30-31-32/h3,5-20H,4H2,1-2H3/b13-3-,21-14+. The van der Waals surface area contributed by atoms with Crippen molar-refractivity contribution in [1.29, 1.82) is 0 Å². The van der Waals surface area contributed by atoms with Crippen molar-refractivity contribution in [2.45, 2.75) is 20.3 Å². The molecule has 0 aliphatic heterocycles. The van der Waals surface area contributed by atoms with Gasteiger partial charge in [0, 0.05) is 16.0 Å². The van der Waals surface area contributed by atoms with Crippen LogP contribution in [0.4, 0.5) is 0 Å². The van der Waals surface area contributed by atoms with E-state index in [1.54, 1.807) is 11.3 Å². The lowest BCUT2D eigenvalue weighted by Gasteiger charge is -2.11. The molecule has 5 rings (SSSR count). The third-order valence-electron chi connectivity index (χ3n) is 5.59. The van der Waals surface area contributed by atoms with E-state index in [9.17, 15) is 0 Å². The van der Waals surface area contributed by atoms with Gasteiger partial charge in [-0.15, -0.1) is 16.4 Å². The van der Waals surface area contributed by atoms with Crippen molar-refractivity contribution in [3.05, 3.63) is 109 Å². The largest absolute Gasteiger partial charge is 0.202 e. The van der Waals surface area contributed by atoms with Gasteiger partial charge in [-0.25, -0.2) is 4.68 Å². The highest BCUT2D eigenvalue weighted by atomic mass is 32.1. The number of aromatic nitrogens is 3. The molecule has 0 atom stereocenters. The summed E-state index contributed by atoms with van der Waals surface area (Å²) >= 11 is 1.77. The second-order valence-corrected chi connectivity index (χ2v) is 8.78. The van der Waals surface area contributed by atoms with Gasteiger partial charge in [-0.2, -0.15) is 0 Å². The average molecular weight is 448 g/mol. The predicted octanol–water partition coefficient (Wildman–Crippen LogP) is 8.19. The van der Waals surface area contributed by atoms with Gasteiger partial charge < -0.3 is 0 Å². The fourth-order valence-electron chi connectivity index (χ4n) is 4.18. The van der Waals surface area contributed by atoms with Gasteiger partial charge in [0.1, 0.15) is 10.5 Å². The number of rotatable bonds is 6. The number of allylic oxidation sites excluding steroid dienone is 4. The number of benzene rings is 3. The van der Waals surface area contributed by atoms with Crippen molar-refractivity contribution in [2.24, 2.45) is 0 Å². The first-order valence-electron chi connectivity index (χ1n) is 11.2. The molecule has 162 valence electrons. The summed E-state index contributed by atoms with van der Waals surface area (Å²) in [5, 5.41) is 10.1. The molecule has 0 aliphatic carbocycles. The normalized spacial score (nSPS) is 12.1. The Balaban J connectivity index is 1.92. The van der Waals surface area contributed by atoms with Gasteiger partial charge in [-0.3, -0.25) is 0 Å². The van der Waals surface area contributed by atoms with Crippen LogP contribution in [0.3, 0.4) is 0 Å². The molecule has 3 nitrogen and oxygen atoms in total. The Morgan fingerprint density at radius 2 is 1.55 bits per heavy atom. The van der Waals surface area contributed by atoms with Crippen LogP contribution in [-0.4, -0.2) is 15.0 Å². The molecule has 0 radical (unpaired) electrons. The summed E-state index contributed by atoms with van der Waals surface area (Å²) in [6.45, 7) is 4.25. The van der Waals surface area contributed by atoms with Crippen LogP contribution in [0.1, 0.15) is 25.8 Å². The zero-order valence-corrected chi connectivity index (χ0v) is 19.6. The van der Waals surface area contributed by atoms with Gasteiger partial charge >= 0.3 is 0 Å². The van der Waals surface area contributed by atoms with Crippen molar-refractivity contribution in [3.8, 4) is 26.6 Å². The van der Waals surface area contributed by atoms with E-state index in [4.69, 9.17) is 0 Å². The summed E-state index contributed by atoms with van der Waals surface area (Å²) in [6.07, 6.45) is 7.56. The van der Waals surface area contributed by atoms with Gasteiger partial charge in [0.15, 0.2) is 0 Å². The molecule has 2 heterocycles. The first-order chi connectivity index (χ1) is 16.3. The summed E-state index contributed by atoms with van der Waals surface area (Å²) in [7, 11) is 0. The third kappa shape index (κ3) is 3.94. The SMILES string of the molecule is C/C=C\C(=C/CC)c1c(-n2nnc3ccccc32)sc(-c2ccccc2)c1-c1ccccc1. The van der Waals surface area contributed by atoms with E-state index in [2.05, 4.69) is 109 Å². The van der Waals surface area contributed by atoms with E-state index in [0.717, 1.165) is 22.5 Å². The average Bonchev–Trinajstić information content (AvgIpc) is 3.47. The Morgan fingerprint density at radius 3 is 2.24 bits per heavy atom. The Hall–Kier alpha value is -3.76. The summed E-state index contributed by atoms with van der Waals surface area (Å²) in [5.74, 6) is 0. The zero-order chi connectivity index (χ0) is 22.6. The number of hydrogen-bond donors (Lipinski definition) is 0. The maximum absolute atomic E-state index is 4.60. The van der Waals surface area contributed by atoms with Crippen LogP contribution >= 0.6 is 11.3 Å². The van der Waals surface area contributed by atoms with Gasteiger partial charge in [0.25, 0.3) is 0 Å². The number of hydrogen-bond acceptors (Lipinski definition) is 3. The lowest BCUT2D eigenvalue weighted by Crippen LogP contribution is -1.98. The van der Waals surface area contributed by atoms with Crippen LogP contribution in [-0.2, 0) is 0 Å². The molecular formula is C29H25N3S. The highest BCUT2D eigenvalue weighted by Crippen LogP contribution is 2.48. The van der Waals surface area contributed by atoms with Crippen LogP contribution in [0.15, 0.2) is 103 Å². The number of nitrogens with zero attached hydrogens (tertiary/aromatic N) is 3. The molecule has 0 saturated heterocycles. The minimum absolute atomic E-state index is 0.895. The molecule has 3 aromatic carbocycles. The second kappa shape index (κ2) is 9.39. The summed E-state index contributed by atoms with van der Waals surface area (Å²) in [5.41, 5.74) is 7.94. The topological polar surface area (TPSA) is 30.7 Å². The van der Waals surface area contributed by atoms with Crippen molar-refractivity contribution in [2.75, 3.05) is 0 Å². The molecule has 0 bridgehead atoms. The van der Waals surface area contributed by atoms with Gasteiger partial charge in [-0.05, 0) is 42.2 Å². The molecule has 0 fully saturated rings. The fraction of sp³-hybridized carbons (Fsp3) is 0.103. The van der Waals surface area contributed by atoms with Gasteiger partial charge in [0.2, 0.25) is 0 Å². The third-order valence-corrected chi connectivity index (χ3v) is 6.81. The van der Waals surface area contributed by atoms with Crippen molar-refractivity contribution >= 4 is 27.9 Å². The van der Waals surface area contributed by atoms with Crippen LogP contribution in [0, 0.1) is 0 Å². The van der Waals surface area contributed by atoms with Crippen LogP contribution in [0.5, 0.6) is 0 Å². The smallest absolute Gasteiger partial charge is 0.129 e. The monoisotopic (exact) mass is 447 g/mol. The van der Waals surface area contributed by atoms with Crippen LogP contribution < -0.4 is 0 Å².